The maximum Gasteiger partial charge on any atom is 0.266 e. The van der Waals surface area contributed by atoms with Gasteiger partial charge in [-0.25, -0.2) is 0 Å². The average Bonchev–Trinajstić information content (AvgIpc) is 3.18. The fourth-order valence-corrected chi connectivity index (χ4v) is 5.25. The highest BCUT2D eigenvalue weighted by Crippen LogP contribution is 2.57. The molecule has 2 aliphatic rings. The van der Waals surface area contributed by atoms with Gasteiger partial charge in [0.05, 0.1) is 4.91 Å². The van der Waals surface area contributed by atoms with Crippen LogP contribution in [0.3, 0.4) is 0 Å². The predicted octanol–water partition coefficient (Wildman–Crippen LogP) is 5.27. The number of rotatable bonds is 2. The zero-order chi connectivity index (χ0) is 20.0. The molecule has 142 valence electrons. The van der Waals surface area contributed by atoms with E-state index in [1.165, 1.54) is 11.8 Å². The molecule has 29 heavy (non-hydrogen) atoms. The quantitative estimate of drug-likeness (QED) is 0.577. The first-order valence-corrected chi connectivity index (χ1v) is 10.3. The highest BCUT2D eigenvalue weighted by molar-refractivity contribution is 8.06. The van der Waals surface area contributed by atoms with Crippen molar-refractivity contribution in [2.75, 3.05) is 10.2 Å². The number of carbonyl (C=O) groups excluding carboxylic acids is 2. The lowest BCUT2D eigenvalue weighted by atomic mass is 10.0. The highest BCUT2D eigenvalue weighted by Gasteiger charge is 2.60. The number of amides is 2. The van der Waals surface area contributed by atoms with Crippen LogP contribution >= 0.6 is 23.4 Å². The van der Waals surface area contributed by atoms with E-state index >= 15 is 0 Å². The molecule has 3 aromatic rings. The molecule has 2 amide bonds. The number of fused-ring (bicyclic) bond motifs is 2. The van der Waals surface area contributed by atoms with Gasteiger partial charge in [0.2, 0.25) is 4.87 Å². The van der Waals surface area contributed by atoms with Gasteiger partial charge in [0.25, 0.3) is 11.8 Å². The molecule has 0 saturated carbocycles. The minimum absolute atomic E-state index is 0.215. The zero-order valence-electron chi connectivity index (χ0n) is 15.1. The molecule has 1 unspecified atom stereocenters. The number of nitrogens with zero attached hydrogens (tertiary/aromatic N) is 1. The normalized spacial score (nSPS) is 21.7. The molecule has 3 aromatic carbocycles. The number of halogens is 1. The Kier molecular flexibility index (Phi) is 4.23. The zero-order valence-corrected chi connectivity index (χ0v) is 16.7. The van der Waals surface area contributed by atoms with Crippen molar-refractivity contribution in [1.29, 1.82) is 0 Å². The van der Waals surface area contributed by atoms with Gasteiger partial charge in [0.15, 0.2) is 0 Å². The van der Waals surface area contributed by atoms with Crippen molar-refractivity contribution < 1.29 is 9.59 Å². The number of hydrogen-bond donors (Lipinski definition) is 1. The topological polar surface area (TPSA) is 49.4 Å². The van der Waals surface area contributed by atoms with E-state index in [1.54, 1.807) is 29.2 Å². The summed E-state index contributed by atoms with van der Waals surface area (Å²) in [5.74, 6) is -0.448. The van der Waals surface area contributed by atoms with Crippen molar-refractivity contribution >= 4 is 52.6 Å². The third kappa shape index (κ3) is 2.77. The van der Waals surface area contributed by atoms with Crippen LogP contribution in [-0.2, 0) is 14.5 Å². The van der Waals surface area contributed by atoms with Crippen LogP contribution < -0.4 is 10.2 Å². The molecule has 2 heterocycles. The maximum atomic E-state index is 13.5. The molecular weight excluding hydrogens is 404 g/mol. The van der Waals surface area contributed by atoms with Gasteiger partial charge in [-0.05, 0) is 42.0 Å². The smallest absolute Gasteiger partial charge is 0.266 e. The van der Waals surface area contributed by atoms with Gasteiger partial charge in [-0.3, -0.25) is 14.5 Å². The summed E-state index contributed by atoms with van der Waals surface area (Å²) in [7, 11) is 0. The summed E-state index contributed by atoms with van der Waals surface area (Å²) < 4.78 is 0. The van der Waals surface area contributed by atoms with E-state index in [2.05, 4.69) is 5.32 Å². The predicted molar refractivity (Wildman–Crippen MR) is 118 cm³/mol. The van der Waals surface area contributed by atoms with Crippen molar-refractivity contribution in [1.82, 2.24) is 0 Å². The lowest BCUT2D eigenvalue weighted by Crippen LogP contribution is -2.47. The van der Waals surface area contributed by atoms with Crippen LogP contribution in [-0.4, -0.2) is 11.8 Å². The van der Waals surface area contributed by atoms with Crippen LogP contribution in [0.25, 0.3) is 6.08 Å². The van der Waals surface area contributed by atoms with E-state index in [-0.39, 0.29) is 11.8 Å². The molecule has 4 nitrogen and oxygen atoms in total. The van der Waals surface area contributed by atoms with E-state index in [1.807, 2.05) is 60.7 Å². The Morgan fingerprint density at radius 3 is 2.34 bits per heavy atom. The van der Waals surface area contributed by atoms with Crippen molar-refractivity contribution in [3.05, 3.63) is 99.9 Å². The van der Waals surface area contributed by atoms with Crippen LogP contribution in [0.5, 0.6) is 0 Å². The third-order valence-corrected chi connectivity index (χ3v) is 6.66. The highest BCUT2D eigenvalue weighted by atomic mass is 35.5. The molecule has 0 radical (unpaired) electrons. The first kappa shape index (κ1) is 18.0. The second-order valence-corrected chi connectivity index (χ2v) is 8.45. The first-order valence-electron chi connectivity index (χ1n) is 9.06. The Bertz CT molecular complexity index is 1160. The second-order valence-electron chi connectivity index (χ2n) is 6.78. The first-order chi connectivity index (χ1) is 14.1. The third-order valence-electron chi connectivity index (χ3n) is 5.02. The minimum atomic E-state index is -1.19. The van der Waals surface area contributed by atoms with Crippen molar-refractivity contribution in [2.45, 2.75) is 4.87 Å². The molecule has 2 aliphatic heterocycles. The van der Waals surface area contributed by atoms with Gasteiger partial charge in [-0.1, -0.05) is 71.9 Å². The van der Waals surface area contributed by atoms with Crippen LogP contribution in [0.1, 0.15) is 11.1 Å². The van der Waals surface area contributed by atoms with Crippen molar-refractivity contribution in [2.24, 2.45) is 0 Å². The van der Waals surface area contributed by atoms with Crippen molar-refractivity contribution in [3.63, 3.8) is 0 Å². The van der Waals surface area contributed by atoms with E-state index in [0.29, 0.717) is 15.6 Å². The van der Waals surface area contributed by atoms with Crippen molar-refractivity contribution in [3.8, 4) is 0 Å². The minimum Gasteiger partial charge on any atom is -0.323 e. The Balaban J connectivity index is 1.72. The van der Waals surface area contributed by atoms with Crippen LogP contribution in [0, 0.1) is 0 Å². The summed E-state index contributed by atoms with van der Waals surface area (Å²) in [6, 6.07) is 24.1. The summed E-state index contributed by atoms with van der Waals surface area (Å²) in [4.78, 5) is 27.7. The van der Waals surface area contributed by atoms with Gasteiger partial charge in [0, 0.05) is 22.0 Å². The van der Waals surface area contributed by atoms with Crippen LogP contribution in [0.4, 0.5) is 11.4 Å². The summed E-state index contributed by atoms with van der Waals surface area (Å²) in [5.41, 5.74) is 3.02. The average molecular weight is 419 g/mol. The Hall–Kier alpha value is -3.02. The summed E-state index contributed by atoms with van der Waals surface area (Å²) in [6.07, 6.45) is 1.83. The monoisotopic (exact) mass is 418 g/mol. The molecule has 0 bridgehead atoms. The Morgan fingerprint density at radius 2 is 1.59 bits per heavy atom. The summed E-state index contributed by atoms with van der Waals surface area (Å²) >= 11 is 7.33. The molecule has 0 aliphatic carbocycles. The van der Waals surface area contributed by atoms with Gasteiger partial charge in [0.1, 0.15) is 0 Å². The fraction of sp³-hybridized carbons (Fsp3) is 0.0435. The SMILES string of the molecule is O=C1/C(=C/c2ccccc2)SC2(C(=O)Nc3ccccc32)N1c1ccc(Cl)cc1. The molecule has 1 saturated heterocycles. The van der Waals surface area contributed by atoms with E-state index < -0.39 is 4.87 Å². The number of benzene rings is 3. The fourth-order valence-electron chi connectivity index (χ4n) is 3.72. The van der Waals surface area contributed by atoms with E-state index in [9.17, 15) is 9.59 Å². The molecule has 1 spiro atoms. The van der Waals surface area contributed by atoms with E-state index in [4.69, 9.17) is 11.6 Å². The second kappa shape index (κ2) is 6.79. The number of carbonyl (C=O) groups is 2. The molecule has 1 N–H and O–H groups in total. The molecule has 1 fully saturated rings. The van der Waals surface area contributed by atoms with Gasteiger partial charge in [-0.2, -0.15) is 0 Å². The lowest BCUT2D eigenvalue weighted by molar-refractivity contribution is -0.121. The molecule has 0 aromatic heterocycles. The molecular formula is C23H15ClN2O2S. The van der Waals surface area contributed by atoms with E-state index in [0.717, 1.165) is 16.8 Å². The molecule has 5 rings (SSSR count). The number of nitrogens with one attached hydrogen (secondary N) is 1. The number of thioether (sulfide) groups is 1. The van der Waals surface area contributed by atoms with Crippen LogP contribution in [0.2, 0.25) is 5.02 Å². The van der Waals surface area contributed by atoms with Gasteiger partial charge in [-0.15, -0.1) is 0 Å². The number of para-hydroxylation sites is 1. The maximum absolute atomic E-state index is 13.5. The Morgan fingerprint density at radius 1 is 0.897 bits per heavy atom. The summed E-state index contributed by atoms with van der Waals surface area (Å²) in [6.45, 7) is 0. The Labute approximate surface area is 177 Å². The molecule has 6 heteroatoms. The van der Waals surface area contributed by atoms with Gasteiger partial charge >= 0.3 is 0 Å². The van der Waals surface area contributed by atoms with Gasteiger partial charge < -0.3 is 5.32 Å². The standard InChI is InChI=1S/C23H15ClN2O2S/c24-16-10-12-17(13-11-16)26-21(27)20(14-15-6-2-1-3-7-15)29-23(26)18-8-4-5-9-19(18)25-22(23)28/h1-14H,(H,25,28)/b20-14-. The molecule has 1 atom stereocenters. The number of anilines is 2. The summed E-state index contributed by atoms with van der Waals surface area (Å²) in [5, 5.41) is 3.51. The van der Waals surface area contributed by atoms with Crippen LogP contribution in [0.15, 0.2) is 83.8 Å². The lowest BCUT2D eigenvalue weighted by Gasteiger charge is -2.31. The largest absolute Gasteiger partial charge is 0.323 e. The number of hydrogen-bond acceptors (Lipinski definition) is 3.